The summed E-state index contributed by atoms with van der Waals surface area (Å²) < 4.78 is 1.86. The van der Waals surface area contributed by atoms with Crippen LogP contribution in [-0.2, 0) is 0 Å². The predicted octanol–water partition coefficient (Wildman–Crippen LogP) is 3.48. The average Bonchev–Trinajstić information content (AvgIpc) is 2.96. The summed E-state index contributed by atoms with van der Waals surface area (Å²) >= 11 is 0. The molecule has 0 bridgehead atoms. The molecule has 100 valence electrons. The van der Waals surface area contributed by atoms with Crippen LogP contribution in [0.2, 0.25) is 0 Å². The van der Waals surface area contributed by atoms with Crippen LogP contribution in [0.15, 0.2) is 73.2 Å². The molecule has 4 nitrogen and oxygen atoms in total. The molecule has 0 spiro atoms. The van der Waals surface area contributed by atoms with Gasteiger partial charge in [-0.3, -0.25) is 0 Å². The number of hydrogen-bond donors (Lipinski definition) is 0. The van der Waals surface area contributed by atoms with E-state index in [9.17, 15) is 0 Å². The predicted molar refractivity (Wildman–Crippen MR) is 82.1 cm³/mol. The summed E-state index contributed by atoms with van der Waals surface area (Å²) in [6.45, 7) is 0. The molecule has 0 atom stereocenters. The minimum absolute atomic E-state index is 0.815. The van der Waals surface area contributed by atoms with E-state index in [0.717, 1.165) is 28.0 Å². The maximum absolute atomic E-state index is 4.74. The van der Waals surface area contributed by atoms with Gasteiger partial charge in [0.2, 0.25) is 0 Å². The topological polar surface area (TPSA) is 43.6 Å². The second kappa shape index (κ2) is 4.83. The highest BCUT2D eigenvalue weighted by Crippen LogP contribution is 2.27. The van der Waals surface area contributed by atoms with Gasteiger partial charge in [-0.2, -0.15) is 5.10 Å². The van der Waals surface area contributed by atoms with Crippen LogP contribution in [0, 0.1) is 0 Å². The van der Waals surface area contributed by atoms with Crippen LogP contribution in [0.1, 0.15) is 0 Å². The number of fused-ring (bicyclic) bond motifs is 1. The van der Waals surface area contributed by atoms with E-state index >= 15 is 0 Å². The van der Waals surface area contributed by atoms with Crippen molar-refractivity contribution in [1.29, 1.82) is 0 Å². The smallest absolute Gasteiger partial charge is 0.166 e. The highest BCUT2D eigenvalue weighted by molar-refractivity contribution is 5.91. The fraction of sp³-hybridized carbons (Fsp3) is 0. The first-order valence-electron chi connectivity index (χ1n) is 6.73. The van der Waals surface area contributed by atoms with Gasteiger partial charge in [-0.1, -0.05) is 48.5 Å². The SMILES string of the molecule is c1ccc(-c2nn(-c3ccccc3)c3ncncc23)cc1. The van der Waals surface area contributed by atoms with Crippen molar-refractivity contribution < 1.29 is 0 Å². The molecular formula is C17H12N4. The lowest BCUT2D eigenvalue weighted by atomic mass is 10.1. The molecule has 0 radical (unpaired) electrons. The molecule has 0 fully saturated rings. The average molecular weight is 272 g/mol. The number of rotatable bonds is 2. The van der Waals surface area contributed by atoms with E-state index in [1.165, 1.54) is 0 Å². The van der Waals surface area contributed by atoms with Crippen LogP contribution in [0.25, 0.3) is 28.0 Å². The Bertz CT molecular complexity index is 809. The first-order valence-corrected chi connectivity index (χ1v) is 6.73. The third-order valence-corrected chi connectivity index (χ3v) is 3.39. The minimum atomic E-state index is 0.815. The van der Waals surface area contributed by atoms with E-state index in [2.05, 4.69) is 9.97 Å². The summed E-state index contributed by atoms with van der Waals surface area (Å²) in [5.41, 5.74) is 3.76. The minimum Gasteiger partial charge on any atom is -0.244 e. The zero-order valence-corrected chi connectivity index (χ0v) is 11.2. The molecule has 4 aromatic rings. The molecule has 0 N–H and O–H groups in total. The highest BCUT2D eigenvalue weighted by Gasteiger charge is 2.14. The molecule has 2 heterocycles. The van der Waals surface area contributed by atoms with Crippen molar-refractivity contribution in [2.75, 3.05) is 0 Å². The summed E-state index contributed by atoms with van der Waals surface area (Å²) in [4.78, 5) is 8.53. The Morgan fingerprint density at radius 3 is 2.29 bits per heavy atom. The number of nitrogens with zero attached hydrogens (tertiary/aromatic N) is 4. The molecule has 21 heavy (non-hydrogen) atoms. The zero-order valence-electron chi connectivity index (χ0n) is 11.2. The van der Waals surface area contributed by atoms with Gasteiger partial charge in [-0.25, -0.2) is 14.6 Å². The van der Waals surface area contributed by atoms with Gasteiger partial charge in [0, 0.05) is 11.8 Å². The molecule has 0 aliphatic heterocycles. The van der Waals surface area contributed by atoms with Gasteiger partial charge in [0.1, 0.15) is 12.0 Å². The summed E-state index contributed by atoms with van der Waals surface area (Å²) in [7, 11) is 0. The molecule has 0 amide bonds. The Labute approximate surface area is 121 Å². The van der Waals surface area contributed by atoms with E-state index < -0.39 is 0 Å². The van der Waals surface area contributed by atoms with Gasteiger partial charge in [0.05, 0.1) is 11.1 Å². The maximum atomic E-state index is 4.74. The van der Waals surface area contributed by atoms with Crippen LogP contribution in [-0.4, -0.2) is 19.7 Å². The summed E-state index contributed by atoms with van der Waals surface area (Å²) in [6.07, 6.45) is 3.37. The van der Waals surface area contributed by atoms with Crippen molar-refractivity contribution in [3.63, 3.8) is 0 Å². The molecule has 0 saturated carbocycles. The van der Waals surface area contributed by atoms with Crippen LogP contribution in [0.3, 0.4) is 0 Å². The molecule has 0 saturated heterocycles. The molecule has 4 rings (SSSR count). The van der Waals surface area contributed by atoms with E-state index in [0.29, 0.717) is 0 Å². The van der Waals surface area contributed by atoms with Crippen LogP contribution < -0.4 is 0 Å². The number of benzene rings is 2. The monoisotopic (exact) mass is 272 g/mol. The third kappa shape index (κ3) is 1.97. The second-order valence-corrected chi connectivity index (χ2v) is 4.72. The Balaban J connectivity index is 2.02. The van der Waals surface area contributed by atoms with Crippen molar-refractivity contribution in [3.05, 3.63) is 73.2 Å². The molecule has 0 aliphatic carbocycles. The van der Waals surface area contributed by atoms with E-state index in [-0.39, 0.29) is 0 Å². The summed E-state index contributed by atoms with van der Waals surface area (Å²) in [5.74, 6) is 0. The largest absolute Gasteiger partial charge is 0.244 e. The Morgan fingerprint density at radius 2 is 1.52 bits per heavy atom. The van der Waals surface area contributed by atoms with Gasteiger partial charge in [-0.15, -0.1) is 0 Å². The fourth-order valence-corrected chi connectivity index (χ4v) is 2.42. The molecule has 4 heteroatoms. The van der Waals surface area contributed by atoms with Crippen LogP contribution in [0.5, 0.6) is 0 Å². The van der Waals surface area contributed by atoms with E-state index in [1.54, 1.807) is 6.33 Å². The Morgan fingerprint density at radius 1 is 0.810 bits per heavy atom. The second-order valence-electron chi connectivity index (χ2n) is 4.72. The third-order valence-electron chi connectivity index (χ3n) is 3.39. The molecule has 0 unspecified atom stereocenters. The van der Waals surface area contributed by atoms with Crippen molar-refractivity contribution >= 4 is 11.0 Å². The van der Waals surface area contributed by atoms with E-state index in [4.69, 9.17) is 5.10 Å². The van der Waals surface area contributed by atoms with E-state index in [1.807, 2.05) is 71.5 Å². The fourth-order valence-electron chi connectivity index (χ4n) is 2.42. The summed E-state index contributed by atoms with van der Waals surface area (Å²) in [5, 5.41) is 5.70. The molecule has 2 aromatic carbocycles. The van der Waals surface area contributed by atoms with Gasteiger partial charge in [-0.05, 0) is 12.1 Å². The van der Waals surface area contributed by atoms with Gasteiger partial charge >= 0.3 is 0 Å². The maximum Gasteiger partial charge on any atom is 0.166 e. The lowest BCUT2D eigenvalue weighted by molar-refractivity contribution is 0.899. The van der Waals surface area contributed by atoms with Gasteiger partial charge in [0.25, 0.3) is 0 Å². The molecule has 2 aromatic heterocycles. The number of aromatic nitrogens is 4. The van der Waals surface area contributed by atoms with Crippen molar-refractivity contribution in [3.8, 4) is 16.9 Å². The van der Waals surface area contributed by atoms with Crippen molar-refractivity contribution in [2.24, 2.45) is 0 Å². The first-order chi connectivity index (χ1) is 10.4. The van der Waals surface area contributed by atoms with Gasteiger partial charge in [0.15, 0.2) is 5.65 Å². The Kier molecular flexibility index (Phi) is 2.71. The lowest BCUT2D eigenvalue weighted by Crippen LogP contribution is -1.97. The zero-order chi connectivity index (χ0) is 14.1. The molecular weight excluding hydrogens is 260 g/mol. The Hall–Kier alpha value is -3.01. The van der Waals surface area contributed by atoms with Crippen LogP contribution in [0.4, 0.5) is 0 Å². The lowest BCUT2D eigenvalue weighted by Gasteiger charge is -2.01. The summed E-state index contributed by atoms with van der Waals surface area (Å²) in [6, 6.07) is 20.1. The van der Waals surface area contributed by atoms with Gasteiger partial charge < -0.3 is 0 Å². The standard InChI is InChI=1S/C17H12N4/c1-3-7-13(8-4-1)16-15-11-18-12-19-17(15)21(20-16)14-9-5-2-6-10-14/h1-12H. The normalized spacial score (nSPS) is 10.9. The van der Waals surface area contributed by atoms with Crippen molar-refractivity contribution in [1.82, 2.24) is 19.7 Å². The quantitative estimate of drug-likeness (QED) is 0.561. The number of para-hydroxylation sites is 1. The van der Waals surface area contributed by atoms with Crippen LogP contribution >= 0.6 is 0 Å². The highest BCUT2D eigenvalue weighted by atomic mass is 15.3. The number of hydrogen-bond acceptors (Lipinski definition) is 3. The molecule has 0 aliphatic rings. The first kappa shape index (κ1) is 11.8. The van der Waals surface area contributed by atoms with Crippen molar-refractivity contribution in [2.45, 2.75) is 0 Å².